The summed E-state index contributed by atoms with van der Waals surface area (Å²) in [6.45, 7) is 2.28. The van der Waals surface area contributed by atoms with Gasteiger partial charge >= 0.3 is 0 Å². The molecular weight excluding hydrogens is 232 g/mol. The lowest BCUT2D eigenvalue weighted by Gasteiger charge is -2.23. The van der Waals surface area contributed by atoms with E-state index in [2.05, 4.69) is 12.2 Å². The fraction of sp³-hybridized carbons (Fsp3) is 0.600. The summed E-state index contributed by atoms with van der Waals surface area (Å²) in [4.78, 5) is 0. The maximum absolute atomic E-state index is 13.2. The van der Waals surface area contributed by atoms with Gasteiger partial charge in [-0.25, -0.2) is 8.78 Å². The van der Waals surface area contributed by atoms with E-state index in [-0.39, 0.29) is 0 Å². The molecule has 0 amide bonds. The van der Waals surface area contributed by atoms with Gasteiger partial charge in [0.1, 0.15) is 0 Å². The Morgan fingerprint density at radius 3 is 2.61 bits per heavy atom. The fourth-order valence-electron chi connectivity index (χ4n) is 3.04. The number of rotatable bonds is 4. The molecule has 3 atom stereocenters. The summed E-state index contributed by atoms with van der Waals surface area (Å²) in [5.41, 5.74) is 0.868. The topological polar surface area (TPSA) is 12.0 Å². The molecule has 1 N–H and O–H groups in total. The first kappa shape index (κ1) is 13.5. The molecule has 18 heavy (non-hydrogen) atoms. The van der Waals surface area contributed by atoms with Crippen molar-refractivity contribution in [2.75, 3.05) is 7.05 Å². The minimum atomic E-state index is -0.769. The maximum Gasteiger partial charge on any atom is 0.159 e. The summed E-state index contributed by atoms with van der Waals surface area (Å²) >= 11 is 0. The second kappa shape index (κ2) is 5.79. The smallest absolute Gasteiger partial charge is 0.159 e. The lowest BCUT2D eigenvalue weighted by atomic mass is 9.91. The second-order valence-corrected chi connectivity index (χ2v) is 5.53. The largest absolute Gasteiger partial charge is 0.316 e. The number of nitrogens with one attached hydrogen (secondary N) is 1. The number of halogens is 2. The van der Waals surface area contributed by atoms with Crippen LogP contribution in [0.1, 0.15) is 31.7 Å². The highest BCUT2D eigenvalue weighted by molar-refractivity contribution is 5.19. The van der Waals surface area contributed by atoms with Crippen LogP contribution < -0.4 is 5.32 Å². The van der Waals surface area contributed by atoms with Crippen LogP contribution in [0.2, 0.25) is 0 Å². The number of hydrogen-bond donors (Lipinski definition) is 1. The Labute approximate surface area is 108 Å². The fourth-order valence-corrected chi connectivity index (χ4v) is 3.04. The quantitative estimate of drug-likeness (QED) is 0.865. The molecule has 1 fully saturated rings. The average molecular weight is 253 g/mol. The third-order valence-corrected chi connectivity index (χ3v) is 4.11. The first-order valence-electron chi connectivity index (χ1n) is 6.71. The monoisotopic (exact) mass is 253 g/mol. The van der Waals surface area contributed by atoms with Crippen LogP contribution in [-0.4, -0.2) is 13.1 Å². The van der Waals surface area contributed by atoms with Gasteiger partial charge in [0.15, 0.2) is 11.6 Å². The molecule has 1 nitrogen and oxygen atoms in total. The van der Waals surface area contributed by atoms with Crippen LogP contribution in [-0.2, 0) is 6.42 Å². The minimum Gasteiger partial charge on any atom is -0.316 e. The summed E-state index contributed by atoms with van der Waals surface area (Å²) in [6, 6.07) is 4.58. The predicted molar refractivity (Wildman–Crippen MR) is 69.4 cm³/mol. The molecule has 1 aromatic rings. The molecule has 0 bridgehead atoms. The highest BCUT2D eigenvalue weighted by Gasteiger charge is 2.27. The Bertz CT molecular complexity index is 405. The van der Waals surface area contributed by atoms with Crippen molar-refractivity contribution >= 4 is 0 Å². The van der Waals surface area contributed by atoms with Crippen LogP contribution in [0.4, 0.5) is 8.78 Å². The molecule has 0 saturated heterocycles. The second-order valence-electron chi connectivity index (χ2n) is 5.53. The van der Waals surface area contributed by atoms with E-state index in [4.69, 9.17) is 0 Å². The van der Waals surface area contributed by atoms with Crippen LogP contribution >= 0.6 is 0 Å². The first-order chi connectivity index (χ1) is 8.60. The van der Waals surface area contributed by atoms with E-state index in [1.165, 1.54) is 31.4 Å². The van der Waals surface area contributed by atoms with Gasteiger partial charge in [-0.2, -0.15) is 0 Å². The Balaban J connectivity index is 2.03. The van der Waals surface area contributed by atoms with Crippen molar-refractivity contribution in [2.45, 2.75) is 38.6 Å². The molecule has 1 aromatic carbocycles. The summed E-state index contributed by atoms with van der Waals surface area (Å²) in [5.74, 6) is -0.0784. The molecule has 3 unspecified atom stereocenters. The van der Waals surface area contributed by atoms with Crippen molar-refractivity contribution in [3.63, 3.8) is 0 Å². The standard InChI is InChI=1S/C15H21F2N/c1-10-3-5-12(7-10)15(18-2)9-11-4-6-13(16)14(17)8-11/h4,6,8,10,12,15,18H,3,5,7,9H2,1-2H3. The normalized spacial score (nSPS) is 25.3. The van der Waals surface area contributed by atoms with E-state index in [9.17, 15) is 8.78 Å². The SMILES string of the molecule is CNC(Cc1ccc(F)c(F)c1)C1CCC(C)C1. The first-order valence-corrected chi connectivity index (χ1v) is 6.71. The maximum atomic E-state index is 13.2. The van der Waals surface area contributed by atoms with Crippen LogP contribution in [0.25, 0.3) is 0 Å². The van der Waals surface area contributed by atoms with Gasteiger partial charge < -0.3 is 5.32 Å². The Morgan fingerprint density at radius 1 is 1.28 bits per heavy atom. The third kappa shape index (κ3) is 3.08. The van der Waals surface area contributed by atoms with Crippen molar-refractivity contribution in [3.8, 4) is 0 Å². The van der Waals surface area contributed by atoms with E-state index in [0.29, 0.717) is 12.0 Å². The van der Waals surface area contributed by atoms with E-state index in [1.54, 1.807) is 6.07 Å². The van der Waals surface area contributed by atoms with Crippen molar-refractivity contribution < 1.29 is 8.78 Å². The summed E-state index contributed by atoms with van der Waals surface area (Å²) in [5, 5.41) is 3.33. The van der Waals surface area contributed by atoms with E-state index in [0.717, 1.165) is 17.9 Å². The van der Waals surface area contributed by atoms with Gasteiger partial charge in [0, 0.05) is 6.04 Å². The summed E-state index contributed by atoms with van der Waals surface area (Å²) in [7, 11) is 1.95. The highest BCUT2D eigenvalue weighted by atomic mass is 19.2. The van der Waals surface area contributed by atoms with Crippen LogP contribution in [0.3, 0.4) is 0 Å². The van der Waals surface area contributed by atoms with Crippen LogP contribution in [0.15, 0.2) is 18.2 Å². The lowest BCUT2D eigenvalue weighted by molar-refractivity contribution is 0.367. The molecular formula is C15H21F2N. The number of likely N-dealkylation sites (N-methyl/N-ethyl adjacent to an activating group) is 1. The van der Waals surface area contributed by atoms with Crippen molar-refractivity contribution in [2.24, 2.45) is 11.8 Å². The molecule has 0 aromatic heterocycles. The summed E-state index contributed by atoms with van der Waals surface area (Å²) < 4.78 is 26.1. The number of hydrogen-bond acceptors (Lipinski definition) is 1. The molecule has 0 spiro atoms. The minimum absolute atomic E-state index is 0.361. The molecule has 2 rings (SSSR count). The zero-order valence-corrected chi connectivity index (χ0v) is 11.0. The average Bonchev–Trinajstić information content (AvgIpc) is 2.77. The molecule has 1 saturated carbocycles. The molecule has 100 valence electrons. The predicted octanol–water partition coefficient (Wildman–Crippen LogP) is 3.53. The van der Waals surface area contributed by atoms with Gasteiger partial charge in [-0.15, -0.1) is 0 Å². The van der Waals surface area contributed by atoms with E-state index in [1.807, 2.05) is 7.05 Å². The molecule has 0 aliphatic heterocycles. The molecule has 1 aliphatic rings. The van der Waals surface area contributed by atoms with Crippen LogP contribution in [0.5, 0.6) is 0 Å². The van der Waals surface area contributed by atoms with E-state index < -0.39 is 11.6 Å². The van der Waals surface area contributed by atoms with Gasteiger partial charge in [-0.3, -0.25) is 0 Å². The Hall–Kier alpha value is -0.960. The zero-order chi connectivity index (χ0) is 13.1. The molecule has 3 heteroatoms. The Morgan fingerprint density at radius 2 is 2.06 bits per heavy atom. The van der Waals surface area contributed by atoms with Crippen molar-refractivity contribution in [1.29, 1.82) is 0 Å². The van der Waals surface area contributed by atoms with E-state index >= 15 is 0 Å². The van der Waals surface area contributed by atoms with Gasteiger partial charge in [-0.1, -0.05) is 19.4 Å². The lowest BCUT2D eigenvalue weighted by Crippen LogP contribution is -2.34. The van der Waals surface area contributed by atoms with Gasteiger partial charge in [0.05, 0.1) is 0 Å². The van der Waals surface area contributed by atoms with Crippen molar-refractivity contribution in [3.05, 3.63) is 35.4 Å². The van der Waals surface area contributed by atoms with Gasteiger partial charge in [-0.05, 0) is 55.8 Å². The van der Waals surface area contributed by atoms with Gasteiger partial charge in [0.2, 0.25) is 0 Å². The molecule has 0 radical (unpaired) electrons. The van der Waals surface area contributed by atoms with Crippen LogP contribution in [0, 0.1) is 23.5 Å². The van der Waals surface area contributed by atoms with Crippen molar-refractivity contribution in [1.82, 2.24) is 5.32 Å². The molecule has 1 aliphatic carbocycles. The van der Waals surface area contributed by atoms with Gasteiger partial charge in [0.25, 0.3) is 0 Å². The molecule has 0 heterocycles. The summed E-state index contributed by atoms with van der Waals surface area (Å²) in [6.07, 6.45) is 4.51. The third-order valence-electron chi connectivity index (χ3n) is 4.11. The highest BCUT2D eigenvalue weighted by Crippen LogP contribution is 2.33. The zero-order valence-electron chi connectivity index (χ0n) is 11.0. The Kier molecular flexibility index (Phi) is 4.33. The number of benzene rings is 1.